The number of rotatable bonds is 3. The molecule has 4 heteroatoms. The lowest BCUT2D eigenvalue weighted by atomic mass is 9.98. The summed E-state index contributed by atoms with van der Waals surface area (Å²) in [5.41, 5.74) is 2.46. The van der Waals surface area contributed by atoms with Crippen molar-refractivity contribution >= 4 is 5.95 Å². The van der Waals surface area contributed by atoms with Gasteiger partial charge in [-0.3, -0.25) is 0 Å². The van der Waals surface area contributed by atoms with E-state index in [0.29, 0.717) is 5.41 Å². The Kier molecular flexibility index (Phi) is 2.14. The van der Waals surface area contributed by atoms with Crippen LogP contribution in [0, 0.1) is 5.41 Å². The van der Waals surface area contributed by atoms with Crippen LogP contribution in [0.25, 0.3) is 0 Å². The second-order valence-corrected chi connectivity index (χ2v) is 5.01. The first-order valence-corrected chi connectivity index (χ1v) is 5.97. The minimum absolute atomic E-state index is 0.0351. The third-order valence-corrected chi connectivity index (χ3v) is 3.74. The Hall–Kier alpha value is -1.16. The highest BCUT2D eigenvalue weighted by molar-refractivity contribution is 5.40. The Bertz CT molecular complexity index is 407. The van der Waals surface area contributed by atoms with E-state index in [0.717, 1.165) is 36.7 Å². The summed E-state index contributed by atoms with van der Waals surface area (Å²) in [6, 6.07) is 0. The predicted octanol–water partition coefficient (Wildman–Crippen LogP) is 1.13. The lowest BCUT2D eigenvalue weighted by Gasteiger charge is -2.40. The molecule has 1 aliphatic heterocycles. The van der Waals surface area contributed by atoms with Crippen LogP contribution in [0.2, 0.25) is 0 Å². The van der Waals surface area contributed by atoms with Crippen LogP contribution in [0.3, 0.4) is 0 Å². The highest BCUT2D eigenvalue weighted by Crippen LogP contribution is 2.53. The minimum atomic E-state index is 0.0351. The second kappa shape index (κ2) is 3.42. The number of hydrogen-bond acceptors (Lipinski definition) is 4. The van der Waals surface area contributed by atoms with Gasteiger partial charge >= 0.3 is 0 Å². The van der Waals surface area contributed by atoms with Crippen molar-refractivity contribution in [3.63, 3.8) is 0 Å². The minimum Gasteiger partial charge on any atom is -0.392 e. The first kappa shape index (κ1) is 10.0. The van der Waals surface area contributed by atoms with Crippen LogP contribution < -0.4 is 4.90 Å². The van der Waals surface area contributed by atoms with Crippen LogP contribution >= 0.6 is 0 Å². The van der Waals surface area contributed by atoms with E-state index in [1.807, 2.05) is 0 Å². The molecule has 1 aromatic rings. The average Bonchev–Trinajstić information content (AvgIpc) is 3.06. The van der Waals surface area contributed by atoms with E-state index in [-0.39, 0.29) is 6.61 Å². The van der Waals surface area contributed by atoms with E-state index in [1.165, 1.54) is 12.8 Å². The summed E-state index contributed by atoms with van der Waals surface area (Å²) in [6.45, 7) is 4.33. The molecule has 1 saturated carbocycles. The van der Waals surface area contributed by atoms with Crippen LogP contribution in [-0.2, 0) is 13.0 Å². The van der Waals surface area contributed by atoms with Gasteiger partial charge in [-0.1, -0.05) is 6.92 Å². The van der Waals surface area contributed by atoms with Crippen LogP contribution in [0.4, 0.5) is 5.95 Å². The molecule has 3 rings (SSSR count). The Morgan fingerprint density at radius 2 is 2.19 bits per heavy atom. The zero-order valence-electron chi connectivity index (χ0n) is 9.61. The van der Waals surface area contributed by atoms with Crippen molar-refractivity contribution in [1.29, 1.82) is 0 Å². The van der Waals surface area contributed by atoms with Gasteiger partial charge in [0, 0.05) is 30.3 Å². The molecule has 1 aromatic heterocycles. The van der Waals surface area contributed by atoms with Gasteiger partial charge < -0.3 is 10.0 Å². The number of aliphatic hydroxyl groups is 1. The van der Waals surface area contributed by atoms with Gasteiger partial charge in [-0.05, 0) is 19.3 Å². The first-order valence-electron chi connectivity index (χ1n) is 5.97. The van der Waals surface area contributed by atoms with Crippen LogP contribution in [-0.4, -0.2) is 28.2 Å². The Balaban J connectivity index is 1.80. The zero-order valence-corrected chi connectivity index (χ0v) is 9.61. The molecule has 2 aliphatic rings. The molecule has 1 spiro atoms. The van der Waals surface area contributed by atoms with E-state index >= 15 is 0 Å². The largest absolute Gasteiger partial charge is 0.392 e. The van der Waals surface area contributed by atoms with Gasteiger partial charge in [0.25, 0.3) is 0 Å². The molecule has 2 fully saturated rings. The summed E-state index contributed by atoms with van der Waals surface area (Å²) in [4.78, 5) is 11.1. The van der Waals surface area contributed by atoms with Gasteiger partial charge in [0.05, 0.1) is 12.3 Å². The molecule has 2 heterocycles. The molecule has 86 valence electrons. The summed E-state index contributed by atoms with van der Waals surface area (Å²) < 4.78 is 0. The highest BCUT2D eigenvalue weighted by Gasteiger charge is 2.53. The summed E-state index contributed by atoms with van der Waals surface area (Å²) in [5, 5.41) is 9.15. The molecule has 16 heavy (non-hydrogen) atoms. The van der Waals surface area contributed by atoms with Crippen LogP contribution in [0.5, 0.6) is 0 Å². The lowest BCUT2D eigenvalue weighted by Crippen LogP contribution is -2.49. The summed E-state index contributed by atoms with van der Waals surface area (Å²) in [5.74, 6) is 0.839. The van der Waals surface area contributed by atoms with Gasteiger partial charge in [0.15, 0.2) is 0 Å². The van der Waals surface area contributed by atoms with Gasteiger partial charge in [0.1, 0.15) is 0 Å². The van der Waals surface area contributed by atoms with E-state index in [4.69, 9.17) is 5.11 Å². The highest BCUT2D eigenvalue weighted by atomic mass is 16.3. The maximum atomic E-state index is 9.15. The predicted molar refractivity (Wildman–Crippen MR) is 61.2 cm³/mol. The quantitative estimate of drug-likeness (QED) is 0.828. The van der Waals surface area contributed by atoms with E-state index in [2.05, 4.69) is 21.8 Å². The molecule has 0 unspecified atom stereocenters. The van der Waals surface area contributed by atoms with Crippen molar-refractivity contribution in [3.05, 3.63) is 17.5 Å². The summed E-state index contributed by atoms with van der Waals surface area (Å²) in [6.07, 6.45) is 5.36. The SMILES string of the molecule is CCc1nc(N2CC3(CC3)C2)ncc1CO. The summed E-state index contributed by atoms with van der Waals surface area (Å²) >= 11 is 0. The molecule has 4 nitrogen and oxygen atoms in total. The molecule has 1 saturated heterocycles. The first-order chi connectivity index (χ1) is 7.76. The third-order valence-electron chi connectivity index (χ3n) is 3.74. The lowest BCUT2D eigenvalue weighted by molar-refractivity contribution is 0.279. The molecule has 0 amide bonds. The third kappa shape index (κ3) is 1.48. The molecule has 1 N–H and O–H groups in total. The molecule has 1 aliphatic carbocycles. The normalized spacial score (nSPS) is 21.0. The van der Waals surface area contributed by atoms with Crippen LogP contribution in [0.1, 0.15) is 31.0 Å². The number of anilines is 1. The van der Waals surface area contributed by atoms with Gasteiger partial charge in [-0.15, -0.1) is 0 Å². The van der Waals surface area contributed by atoms with Gasteiger partial charge in [0.2, 0.25) is 5.95 Å². The number of aryl methyl sites for hydroxylation is 1. The summed E-state index contributed by atoms with van der Waals surface area (Å²) in [7, 11) is 0. The molecular weight excluding hydrogens is 202 g/mol. The molecular formula is C12H17N3O. The molecule has 0 aromatic carbocycles. The average molecular weight is 219 g/mol. The van der Waals surface area contributed by atoms with Gasteiger partial charge in [-0.25, -0.2) is 9.97 Å². The Labute approximate surface area is 95.3 Å². The number of nitrogens with zero attached hydrogens (tertiary/aromatic N) is 3. The monoisotopic (exact) mass is 219 g/mol. The van der Waals surface area contributed by atoms with Crippen molar-refractivity contribution in [2.24, 2.45) is 5.41 Å². The molecule has 0 bridgehead atoms. The number of hydrogen-bond donors (Lipinski definition) is 1. The van der Waals surface area contributed by atoms with Gasteiger partial charge in [-0.2, -0.15) is 0 Å². The van der Waals surface area contributed by atoms with Crippen molar-refractivity contribution < 1.29 is 5.11 Å². The van der Waals surface area contributed by atoms with Crippen molar-refractivity contribution in [2.75, 3.05) is 18.0 Å². The van der Waals surface area contributed by atoms with Crippen molar-refractivity contribution in [1.82, 2.24) is 9.97 Å². The molecule has 0 atom stereocenters. The Morgan fingerprint density at radius 1 is 1.44 bits per heavy atom. The standard InChI is InChI=1S/C12H17N3O/c1-2-10-9(6-16)5-13-11(14-10)15-7-12(8-15)3-4-12/h5,16H,2-4,6-8H2,1H3. The maximum absolute atomic E-state index is 9.15. The Morgan fingerprint density at radius 3 is 2.75 bits per heavy atom. The van der Waals surface area contributed by atoms with E-state index in [1.54, 1.807) is 6.20 Å². The fourth-order valence-corrected chi connectivity index (χ4v) is 2.42. The number of aliphatic hydroxyl groups excluding tert-OH is 1. The zero-order chi connectivity index (χ0) is 11.2. The fourth-order valence-electron chi connectivity index (χ4n) is 2.42. The smallest absolute Gasteiger partial charge is 0.225 e. The second-order valence-electron chi connectivity index (χ2n) is 5.01. The molecule has 0 radical (unpaired) electrons. The fraction of sp³-hybridized carbons (Fsp3) is 0.667. The topological polar surface area (TPSA) is 49.2 Å². The van der Waals surface area contributed by atoms with Crippen molar-refractivity contribution in [2.45, 2.75) is 32.8 Å². The van der Waals surface area contributed by atoms with E-state index < -0.39 is 0 Å². The number of aromatic nitrogens is 2. The van der Waals surface area contributed by atoms with Crippen LogP contribution in [0.15, 0.2) is 6.20 Å². The van der Waals surface area contributed by atoms with E-state index in [9.17, 15) is 0 Å². The van der Waals surface area contributed by atoms with Crippen molar-refractivity contribution in [3.8, 4) is 0 Å². The maximum Gasteiger partial charge on any atom is 0.225 e.